The van der Waals surface area contributed by atoms with Crippen molar-refractivity contribution in [2.45, 2.75) is 13.3 Å². The molecule has 0 fully saturated rings. The van der Waals surface area contributed by atoms with Crippen molar-refractivity contribution in [2.75, 3.05) is 5.73 Å². The van der Waals surface area contributed by atoms with E-state index >= 15 is 0 Å². The van der Waals surface area contributed by atoms with E-state index in [-0.39, 0.29) is 0 Å². The van der Waals surface area contributed by atoms with Crippen LogP contribution in [0.2, 0.25) is 5.02 Å². The van der Waals surface area contributed by atoms with Gasteiger partial charge in [-0.3, -0.25) is 0 Å². The highest BCUT2D eigenvalue weighted by Gasteiger charge is 1.94. The summed E-state index contributed by atoms with van der Waals surface area (Å²) >= 11 is 5.71. The zero-order valence-corrected chi connectivity index (χ0v) is 6.52. The second-order valence-corrected chi connectivity index (χ2v) is 2.49. The summed E-state index contributed by atoms with van der Waals surface area (Å²) in [5, 5.41) is 0.657. The Kier molecular flexibility index (Phi) is 2.12. The Labute approximate surface area is 65.0 Å². The lowest BCUT2D eigenvalue weighted by Crippen LogP contribution is -1.93. The van der Waals surface area contributed by atoms with Crippen LogP contribution < -0.4 is 5.73 Å². The molecule has 2 N–H and O–H groups in total. The molecule has 1 heterocycles. The molecule has 2 nitrogen and oxygen atoms in total. The summed E-state index contributed by atoms with van der Waals surface area (Å²) in [6.07, 6.45) is 0.866. The summed E-state index contributed by atoms with van der Waals surface area (Å²) in [7, 11) is 0. The van der Waals surface area contributed by atoms with Crippen molar-refractivity contribution in [3.05, 3.63) is 22.8 Å². The van der Waals surface area contributed by atoms with Gasteiger partial charge in [0.2, 0.25) is 0 Å². The molecule has 0 bridgehead atoms. The van der Waals surface area contributed by atoms with Gasteiger partial charge in [0.1, 0.15) is 5.82 Å². The Balaban J connectivity index is 3.06. The third-order valence-electron chi connectivity index (χ3n) is 1.23. The summed E-state index contributed by atoms with van der Waals surface area (Å²) in [5.74, 6) is 0.490. The largest absolute Gasteiger partial charge is 0.384 e. The van der Waals surface area contributed by atoms with Crippen LogP contribution in [-0.4, -0.2) is 4.98 Å². The molecule has 0 aliphatic heterocycles. The van der Waals surface area contributed by atoms with Crippen molar-refractivity contribution in [1.82, 2.24) is 4.98 Å². The fraction of sp³-hybridized carbons (Fsp3) is 0.286. The molecular weight excluding hydrogens is 148 g/mol. The van der Waals surface area contributed by atoms with Gasteiger partial charge >= 0.3 is 0 Å². The van der Waals surface area contributed by atoms with Gasteiger partial charge in [0, 0.05) is 10.7 Å². The van der Waals surface area contributed by atoms with E-state index in [0.717, 1.165) is 12.1 Å². The number of nitrogens with two attached hydrogens (primary N) is 1. The van der Waals surface area contributed by atoms with Crippen molar-refractivity contribution in [2.24, 2.45) is 0 Å². The molecule has 0 saturated carbocycles. The molecule has 0 atom stereocenters. The molecule has 54 valence electrons. The lowest BCUT2D eigenvalue weighted by molar-refractivity contribution is 1.04. The summed E-state index contributed by atoms with van der Waals surface area (Å²) in [6.45, 7) is 2.01. The van der Waals surface area contributed by atoms with E-state index in [1.165, 1.54) is 0 Å². The molecule has 0 unspecified atom stereocenters. The van der Waals surface area contributed by atoms with E-state index in [0.29, 0.717) is 10.8 Å². The Hall–Kier alpha value is -0.760. The standard InChI is InChI=1S/C7H9ClN2/c1-2-6-3-5(8)4-7(9)10-6/h3-4H,2H2,1H3,(H2,9,10). The predicted octanol–water partition coefficient (Wildman–Crippen LogP) is 1.88. The summed E-state index contributed by atoms with van der Waals surface area (Å²) in [5.41, 5.74) is 6.37. The van der Waals surface area contributed by atoms with Gasteiger partial charge in [-0.15, -0.1) is 0 Å². The Morgan fingerprint density at radius 1 is 1.60 bits per heavy atom. The molecule has 0 amide bonds. The average molecular weight is 157 g/mol. The van der Waals surface area contributed by atoms with Gasteiger partial charge in [-0.1, -0.05) is 18.5 Å². The Morgan fingerprint density at radius 3 is 2.80 bits per heavy atom. The molecule has 3 heteroatoms. The zero-order valence-electron chi connectivity index (χ0n) is 5.76. The van der Waals surface area contributed by atoms with Gasteiger partial charge in [-0.25, -0.2) is 4.98 Å². The number of pyridine rings is 1. The maximum Gasteiger partial charge on any atom is 0.125 e. The van der Waals surface area contributed by atoms with Gasteiger partial charge in [0.25, 0.3) is 0 Å². The second kappa shape index (κ2) is 2.88. The van der Waals surface area contributed by atoms with Crippen molar-refractivity contribution < 1.29 is 0 Å². The Bertz CT molecular complexity index is 215. The van der Waals surface area contributed by atoms with Crippen molar-refractivity contribution in [3.8, 4) is 0 Å². The van der Waals surface area contributed by atoms with Crippen LogP contribution in [0.1, 0.15) is 12.6 Å². The molecule has 0 spiro atoms. The fourth-order valence-corrected chi connectivity index (χ4v) is 0.991. The number of nitrogens with zero attached hydrogens (tertiary/aromatic N) is 1. The van der Waals surface area contributed by atoms with Crippen LogP contribution in [0.5, 0.6) is 0 Å². The third-order valence-corrected chi connectivity index (χ3v) is 1.44. The molecule has 0 radical (unpaired) electrons. The summed E-state index contributed by atoms with van der Waals surface area (Å²) < 4.78 is 0. The Morgan fingerprint density at radius 2 is 2.30 bits per heavy atom. The number of halogens is 1. The van der Waals surface area contributed by atoms with Crippen LogP contribution >= 0.6 is 11.6 Å². The van der Waals surface area contributed by atoms with E-state index in [9.17, 15) is 0 Å². The highest BCUT2D eigenvalue weighted by atomic mass is 35.5. The maximum absolute atomic E-state index is 5.71. The van der Waals surface area contributed by atoms with E-state index in [4.69, 9.17) is 17.3 Å². The average Bonchev–Trinajstić information content (AvgIpc) is 1.85. The SMILES string of the molecule is CCc1cc(Cl)cc(N)n1. The van der Waals surface area contributed by atoms with Crippen LogP contribution in [-0.2, 0) is 6.42 Å². The number of hydrogen-bond acceptors (Lipinski definition) is 2. The zero-order chi connectivity index (χ0) is 7.56. The molecule has 1 rings (SSSR count). The van der Waals surface area contributed by atoms with E-state index in [1.807, 2.05) is 13.0 Å². The quantitative estimate of drug-likeness (QED) is 0.675. The second-order valence-electron chi connectivity index (χ2n) is 2.06. The third kappa shape index (κ3) is 1.61. The number of rotatable bonds is 1. The highest BCUT2D eigenvalue weighted by molar-refractivity contribution is 6.30. The van der Waals surface area contributed by atoms with Crippen molar-refractivity contribution in [1.29, 1.82) is 0 Å². The minimum Gasteiger partial charge on any atom is -0.384 e. The lowest BCUT2D eigenvalue weighted by atomic mass is 10.3. The molecule has 0 saturated heterocycles. The number of aryl methyl sites for hydroxylation is 1. The smallest absolute Gasteiger partial charge is 0.125 e. The van der Waals surface area contributed by atoms with Gasteiger partial charge < -0.3 is 5.73 Å². The van der Waals surface area contributed by atoms with Gasteiger partial charge in [0.15, 0.2) is 0 Å². The molecular formula is C7H9ClN2. The monoisotopic (exact) mass is 156 g/mol. The maximum atomic E-state index is 5.71. The minimum absolute atomic E-state index is 0.490. The van der Waals surface area contributed by atoms with Gasteiger partial charge in [-0.05, 0) is 18.6 Å². The summed E-state index contributed by atoms with van der Waals surface area (Å²) in [6, 6.07) is 3.46. The summed E-state index contributed by atoms with van der Waals surface area (Å²) in [4.78, 5) is 4.05. The van der Waals surface area contributed by atoms with E-state index in [2.05, 4.69) is 4.98 Å². The minimum atomic E-state index is 0.490. The predicted molar refractivity (Wildman–Crippen MR) is 43.0 cm³/mol. The first kappa shape index (κ1) is 7.35. The van der Waals surface area contributed by atoms with Crippen LogP contribution in [0, 0.1) is 0 Å². The van der Waals surface area contributed by atoms with Crippen LogP contribution in [0.25, 0.3) is 0 Å². The van der Waals surface area contributed by atoms with Crippen LogP contribution in [0.4, 0.5) is 5.82 Å². The number of anilines is 1. The highest BCUT2D eigenvalue weighted by Crippen LogP contribution is 2.12. The first-order valence-electron chi connectivity index (χ1n) is 3.14. The fourth-order valence-electron chi connectivity index (χ4n) is 0.754. The van der Waals surface area contributed by atoms with Crippen molar-refractivity contribution in [3.63, 3.8) is 0 Å². The molecule has 1 aromatic rings. The number of nitrogen functional groups attached to an aromatic ring is 1. The van der Waals surface area contributed by atoms with Crippen LogP contribution in [0.3, 0.4) is 0 Å². The number of hydrogen-bond donors (Lipinski definition) is 1. The molecule has 0 aliphatic carbocycles. The van der Waals surface area contributed by atoms with Gasteiger partial charge in [-0.2, -0.15) is 0 Å². The topological polar surface area (TPSA) is 38.9 Å². The van der Waals surface area contributed by atoms with E-state index in [1.54, 1.807) is 6.07 Å². The van der Waals surface area contributed by atoms with Gasteiger partial charge in [0.05, 0.1) is 0 Å². The van der Waals surface area contributed by atoms with Crippen LogP contribution in [0.15, 0.2) is 12.1 Å². The molecule has 1 aromatic heterocycles. The molecule has 0 aromatic carbocycles. The van der Waals surface area contributed by atoms with E-state index < -0.39 is 0 Å². The molecule has 10 heavy (non-hydrogen) atoms. The van der Waals surface area contributed by atoms with Crippen molar-refractivity contribution >= 4 is 17.4 Å². The molecule has 0 aliphatic rings. The number of aromatic nitrogens is 1. The first-order valence-corrected chi connectivity index (χ1v) is 3.52. The lowest BCUT2D eigenvalue weighted by Gasteiger charge is -1.97. The first-order chi connectivity index (χ1) is 4.72. The normalized spacial score (nSPS) is 9.80.